The highest BCUT2D eigenvalue weighted by atomic mass is 16.5. The van der Waals surface area contributed by atoms with Gasteiger partial charge in [-0.15, -0.1) is 0 Å². The fourth-order valence-corrected chi connectivity index (χ4v) is 2.41. The third-order valence-electron chi connectivity index (χ3n) is 3.68. The monoisotopic (exact) mass is 228 g/mol. The normalized spacial score (nSPS) is 34.9. The number of ether oxygens (including phenoxy) is 1. The van der Waals surface area contributed by atoms with Crippen LogP contribution < -0.4 is 10.6 Å². The van der Waals surface area contributed by atoms with Crippen LogP contribution >= 0.6 is 0 Å². The van der Waals surface area contributed by atoms with E-state index in [9.17, 15) is 0 Å². The van der Waals surface area contributed by atoms with Crippen molar-refractivity contribution >= 4 is 0 Å². The van der Waals surface area contributed by atoms with Crippen LogP contribution in [0.4, 0.5) is 0 Å². The number of hydrogen-bond donors (Lipinski definition) is 2. The lowest BCUT2D eigenvalue weighted by Crippen LogP contribution is -2.36. The Labute approximate surface area is 100 Å². The van der Waals surface area contributed by atoms with E-state index in [0.29, 0.717) is 30.1 Å². The number of rotatable bonds is 6. The van der Waals surface area contributed by atoms with Crippen LogP contribution in [-0.2, 0) is 4.74 Å². The van der Waals surface area contributed by atoms with Crippen LogP contribution in [0.15, 0.2) is 0 Å². The van der Waals surface area contributed by atoms with E-state index in [2.05, 4.69) is 45.3 Å². The van der Waals surface area contributed by atoms with Crippen LogP contribution in [0.25, 0.3) is 0 Å². The standard InChI is InChI=1S/C13H28N2O/c1-9(2)15-7-6-14-8-13-10(3)11(4)16-12(13)5/h9-15H,6-8H2,1-5H3. The Morgan fingerprint density at radius 1 is 1.06 bits per heavy atom. The topological polar surface area (TPSA) is 33.3 Å². The Morgan fingerprint density at radius 3 is 2.25 bits per heavy atom. The molecule has 96 valence electrons. The Balaban J connectivity index is 2.13. The summed E-state index contributed by atoms with van der Waals surface area (Å²) in [4.78, 5) is 0. The molecule has 0 aromatic rings. The molecule has 0 bridgehead atoms. The molecule has 1 saturated heterocycles. The molecule has 3 nitrogen and oxygen atoms in total. The van der Waals surface area contributed by atoms with Crippen molar-refractivity contribution in [2.75, 3.05) is 19.6 Å². The molecule has 0 aromatic carbocycles. The van der Waals surface area contributed by atoms with E-state index in [1.165, 1.54) is 0 Å². The molecule has 0 saturated carbocycles. The Kier molecular flexibility index (Phi) is 5.73. The smallest absolute Gasteiger partial charge is 0.0594 e. The summed E-state index contributed by atoms with van der Waals surface area (Å²) >= 11 is 0. The van der Waals surface area contributed by atoms with E-state index in [1.807, 2.05) is 0 Å². The van der Waals surface area contributed by atoms with E-state index in [1.54, 1.807) is 0 Å². The summed E-state index contributed by atoms with van der Waals surface area (Å²) in [5.74, 6) is 1.33. The van der Waals surface area contributed by atoms with Gasteiger partial charge in [0.15, 0.2) is 0 Å². The summed E-state index contributed by atoms with van der Waals surface area (Å²) in [6.45, 7) is 14.2. The summed E-state index contributed by atoms with van der Waals surface area (Å²) in [6, 6.07) is 0.578. The molecule has 4 unspecified atom stereocenters. The molecule has 0 spiro atoms. The number of nitrogens with one attached hydrogen (secondary N) is 2. The van der Waals surface area contributed by atoms with Gasteiger partial charge in [0.1, 0.15) is 0 Å². The van der Waals surface area contributed by atoms with Crippen molar-refractivity contribution in [3.63, 3.8) is 0 Å². The lowest BCUT2D eigenvalue weighted by molar-refractivity contribution is 0.0512. The molecule has 0 aromatic heterocycles. The number of hydrogen-bond acceptors (Lipinski definition) is 3. The van der Waals surface area contributed by atoms with Gasteiger partial charge in [-0.2, -0.15) is 0 Å². The zero-order valence-corrected chi connectivity index (χ0v) is 11.4. The highest BCUT2D eigenvalue weighted by Crippen LogP contribution is 2.31. The predicted octanol–water partition coefficient (Wildman–Crippen LogP) is 1.63. The van der Waals surface area contributed by atoms with E-state index >= 15 is 0 Å². The van der Waals surface area contributed by atoms with E-state index in [-0.39, 0.29) is 0 Å². The largest absolute Gasteiger partial charge is 0.375 e. The average Bonchev–Trinajstić information content (AvgIpc) is 2.43. The zero-order valence-electron chi connectivity index (χ0n) is 11.4. The summed E-state index contributed by atoms with van der Waals surface area (Å²) in [5, 5.41) is 6.93. The van der Waals surface area contributed by atoms with Crippen LogP contribution in [0.5, 0.6) is 0 Å². The van der Waals surface area contributed by atoms with Gasteiger partial charge in [0.25, 0.3) is 0 Å². The Morgan fingerprint density at radius 2 is 1.75 bits per heavy atom. The fraction of sp³-hybridized carbons (Fsp3) is 1.00. The first kappa shape index (κ1) is 13.9. The van der Waals surface area contributed by atoms with Crippen molar-refractivity contribution in [2.45, 2.75) is 52.9 Å². The van der Waals surface area contributed by atoms with Gasteiger partial charge < -0.3 is 15.4 Å². The molecule has 4 atom stereocenters. The lowest BCUT2D eigenvalue weighted by Gasteiger charge is -2.19. The van der Waals surface area contributed by atoms with Gasteiger partial charge in [0.05, 0.1) is 12.2 Å². The molecule has 1 aliphatic rings. The minimum absolute atomic E-state index is 0.399. The maximum atomic E-state index is 5.83. The fourth-order valence-electron chi connectivity index (χ4n) is 2.41. The van der Waals surface area contributed by atoms with Gasteiger partial charge in [-0.25, -0.2) is 0 Å². The van der Waals surface area contributed by atoms with Crippen molar-refractivity contribution in [1.29, 1.82) is 0 Å². The molecule has 1 fully saturated rings. The first-order valence-corrected chi connectivity index (χ1v) is 6.62. The maximum Gasteiger partial charge on any atom is 0.0594 e. The molecule has 3 heteroatoms. The molecular formula is C13H28N2O. The molecule has 16 heavy (non-hydrogen) atoms. The minimum atomic E-state index is 0.399. The molecule has 0 radical (unpaired) electrons. The van der Waals surface area contributed by atoms with Gasteiger partial charge in [-0.1, -0.05) is 20.8 Å². The van der Waals surface area contributed by atoms with Gasteiger partial charge >= 0.3 is 0 Å². The van der Waals surface area contributed by atoms with E-state index in [0.717, 1.165) is 19.6 Å². The average molecular weight is 228 g/mol. The molecule has 0 amide bonds. The SMILES string of the molecule is CC(C)NCCNCC1C(C)OC(C)C1C. The molecule has 0 aliphatic carbocycles. The Hall–Kier alpha value is -0.120. The summed E-state index contributed by atoms with van der Waals surface area (Å²) < 4.78 is 5.83. The van der Waals surface area contributed by atoms with Crippen LogP contribution in [-0.4, -0.2) is 37.9 Å². The Bertz CT molecular complexity index is 196. The van der Waals surface area contributed by atoms with Crippen molar-refractivity contribution in [2.24, 2.45) is 11.8 Å². The highest BCUT2D eigenvalue weighted by molar-refractivity contribution is 4.85. The van der Waals surface area contributed by atoms with Crippen LogP contribution in [0, 0.1) is 11.8 Å². The van der Waals surface area contributed by atoms with Crippen LogP contribution in [0.1, 0.15) is 34.6 Å². The van der Waals surface area contributed by atoms with Crippen molar-refractivity contribution in [3.05, 3.63) is 0 Å². The third-order valence-corrected chi connectivity index (χ3v) is 3.68. The van der Waals surface area contributed by atoms with Crippen molar-refractivity contribution in [1.82, 2.24) is 10.6 Å². The predicted molar refractivity (Wildman–Crippen MR) is 68.7 cm³/mol. The van der Waals surface area contributed by atoms with Gasteiger partial charge in [-0.3, -0.25) is 0 Å². The lowest BCUT2D eigenvalue weighted by atomic mass is 9.89. The van der Waals surface area contributed by atoms with Crippen LogP contribution in [0.2, 0.25) is 0 Å². The van der Waals surface area contributed by atoms with Gasteiger partial charge in [0.2, 0.25) is 0 Å². The molecule has 2 N–H and O–H groups in total. The van der Waals surface area contributed by atoms with Gasteiger partial charge in [-0.05, 0) is 19.8 Å². The third kappa shape index (κ3) is 4.04. The van der Waals surface area contributed by atoms with Crippen LogP contribution in [0.3, 0.4) is 0 Å². The summed E-state index contributed by atoms with van der Waals surface area (Å²) in [5.41, 5.74) is 0. The quantitative estimate of drug-likeness (QED) is 0.678. The highest BCUT2D eigenvalue weighted by Gasteiger charge is 2.36. The maximum absolute atomic E-state index is 5.83. The second-order valence-corrected chi connectivity index (χ2v) is 5.38. The second kappa shape index (κ2) is 6.58. The summed E-state index contributed by atoms with van der Waals surface area (Å²) in [7, 11) is 0. The molecule has 1 heterocycles. The van der Waals surface area contributed by atoms with E-state index in [4.69, 9.17) is 4.74 Å². The first-order chi connectivity index (χ1) is 7.52. The molecular weight excluding hydrogens is 200 g/mol. The van der Waals surface area contributed by atoms with Gasteiger partial charge in [0, 0.05) is 31.6 Å². The summed E-state index contributed by atoms with van der Waals surface area (Å²) in [6.07, 6.45) is 0.811. The minimum Gasteiger partial charge on any atom is -0.375 e. The van der Waals surface area contributed by atoms with Crippen molar-refractivity contribution in [3.8, 4) is 0 Å². The second-order valence-electron chi connectivity index (χ2n) is 5.38. The van der Waals surface area contributed by atoms with E-state index < -0.39 is 0 Å². The molecule has 1 rings (SSSR count). The first-order valence-electron chi connectivity index (χ1n) is 6.62. The zero-order chi connectivity index (χ0) is 12.1. The van der Waals surface area contributed by atoms with Crippen molar-refractivity contribution < 1.29 is 4.74 Å². The molecule has 1 aliphatic heterocycles.